The number of amides is 1. The van der Waals surface area contributed by atoms with Gasteiger partial charge in [-0.15, -0.1) is 11.8 Å². The van der Waals surface area contributed by atoms with E-state index in [-0.39, 0.29) is 18.4 Å². The first-order chi connectivity index (χ1) is 10.4. The molecule has 1 amide bonds. The summed E-state index contributed by atoms with van der Waals surface area (Å²) in [4.78, 5) is 26.6. The molecule has 1 aliphatic heterocycles. The normalized spacial score (nSPS) is 21.7. The molecular formula is C16H20ClNO3S. The Kier molecular flexibility index (Phi) is 5.75. The van der Waals surface area contributed by atoms with Crippen molar-refractivity contribution in [2.24, 2.45) is 11.8 Å². The minimum atomic E-state index is -0.835. The summed E-state index contributed by atoms with van der Waals surface area (Å²) >= 11 is 7.62. The van der Waals surface area contributed by atoms with Crippen LogP contribution in [-0.2, 0) is 4.79 Å². The lowest BCUT2D eigenvalue weighted by molar-refractivity contribution is -0.143. The van der Waals surface area contributed by atoms with Crippen LogP contribution in [0.1, 0.15) is 30.6 Å². The number of halogens is 1. The van der Waals surface area contributed by atoms with Crippen LogP contribution in [0.4, 0.5) is 0 Å². The van der Waals surface area contributed by atoms with Crippen LogP contribution < -0.4 is 0 Å². The van der Waals surface area contributed by atoms with Crippen molar-refractivity contribution in [3.63, 3.8) is 0 Å². The molecule has 2 unspecified atom stereocenters. The molecule has 0 radical (unpaired) electrons. The van der Waals surface area contributed by atoms with Crippen molar-refractivity contribution in [3.05, 3.63) is 28.8 Å². The summed E-state index contributed by atoms with van der Waals surface area (Å²) in [6.07, 6.45) is 0.616. The Morgan fingerprint density at radius 1 is 1.41 bits per heavy atom. The lowest BCUT2D eigenvalue weighted by Crippen LogP contribution is -2.45. The number of hydrogen-bond acceptors (Lipinski definition) is 3. The molecule has 0 aliphatic carbocycles. The van der Waals surface area contributed by atoms with Crippen molar-refractivity contribution in [1.82, 2.24) is 4.90 Å². The number of hydrogen-bond donors (Lipinski definition) is 1. The Hall–Kier alpha value is -1.20. The number of carboxylic acid groups (broad SMARTS) is 1. The molecule has 1 aliphatic rings. The molecular weight excluding hydrogens is 322 g/mol. The largest absolute Gasteiger partial charge is 0.481 e. The standard InChI is InChI=1S/C16H20ClNO3S/c1-3-22-14-5-4-12(17)7-13(14)15(19)18-8-10(2)6-11(9-18)16(20)21/h4-5,7,10-11H,3,6,8-9H2,1-2H3,(H,20,21). The van der Waals surface area contributed by atoms with Crippen LogP contribution in [0.25, 0.3) is 0 Å². The third-order valence-electron chi connectivity index (χ3n) is 3.77. The summed E-state index contributed by atoms with van der Waals surface area (Å²) in [5.74, 6) is -0.417. The molecule has 0 bridgehead atoms. The molecule has 22 heavy (non-hydrogen) atoms. The first kappa shape index (κ1) is 17.2. The number of aliphatic carboxylic acids is 1. The van der Waals surface area contributed by atoms with Crippen molar-refractivity contribution in [2.75, 3.05) is 18.8 Å². The van der Waals surface area contributed by atoms with Gasteiger partial charge in [0, 0.05) is 23.0 Å². The number of piperidine rings is 1. The van der Waals surface area contributed by atoms with Crippen molar-refractivity contribution in [2.45, 2.75) is 25.2 Å². The quantitative estimate of drug-likeness (QED) is 0.849. The average molecular weight is 342 g/mol. The van der Waals surface area contributed by atoms with E-state index in [2.05, 4.69) is 0 Å². The molecule has 0 spiro atoms. The van der Waals surface area contributed by atoms with Crippen molar-refractivity contribution >= 4 is 35.2 Å². The van der Waals surface area contributed by atoms with Gasteiger partial charge in [0.15, 0.2) is 0 Å². The maximum atomic E-state index is 12.8. The van der Waals surface area contributed by atoms with E-state index in [4.69, 9.17) is 11.6 Å². The molecule has 4 nitrogen and oxygen atoms in total. The van der Waals surface area contributed by atoms with E-state index in [0.717, 1.165) is 10.6 Å². The summed E-state index contributed by atoms with van der Waals surface area (Å²) in [5.41, 5.74) is 0.567. The number of carbonyl (C=O) groups excluding carboxylic acids is 1. The second-order valence-corrected chi connectivity index (χ2v) is 7.40. The summed E-state index contributed by atoms with van der Waals surface area (Å²) in [6.45, 7) is 4.86. The van der Waals surface area contributed by atoms with Crippen LogP contribution in [0, 0.1) is 11.8 Å². The molecule has 120 valence electrons. The van der Waals surface area contributed by atoms with Gasteiger partial charge in [0.25, 0.3) is 5.91 Å². The van der Waals surface area contributed by atoms with Crippen LogP contribution in [0.3, 0.4) is 0 Å². The van der Waals surface area contributed by atoms with E-state index in [1.165, 1.54) is 0 Å². The zero-order valence-electron chi connectivity index (χ0n) is 12.7. The van der Waals surface area contributed by atoms with Gasteiger partial charge >= 0.3 is 5.97 Å². The Balaban J connectivity index is 2.26. The summed E-state index contributed by atoms with van der Waals surface area (Å²) in [7, 11) is 0. The summed E-state index contributed by atoms with van der Waals surface area (Å²) in [5, 5.41) is 9.76. The third kappa shape index (κ3) is 3.96. The van der Waals surface area contributed by atoms with Gasteiger partial charge in [0.05, 0.1) is 11.5 Å². The van der Waals surface area contributed by atoms with Crippen LogP contribution in [0.2, 0.25) is 5.02 Å². The fourth-order valence-electron chi connectivity index (χ4n) is 2.82. The Morgan fingerprint density at radius 2 is 2.14 bits per heavy atom. The molecule has 0 saturated carbocycles. The van der Waals surface area contributed by atoms with Gasteiger partial charge in [0.1, 0.15) is 0 Å². The molecule has 6 heteroatoms. The zero-order chi connectivity index (χ0) is 16.3. The average Bonchev–Trinajstić information content (AvgIpc) is 2.48. The second-order valence-electron chi connectivity index (χ2n) is 5.66. The van der Waals surface area contributed by atoms with Gasteiger partial charge in [-0.2, -0.15) is 0 Å². The highest BCUT2D eigenvalue weighted by Gasteiger charge is 2.32. The highest BCUT2D eigenvalue weighted by atomic mass is 35.5. The van der Waals surface area contributed by atoms with Crippen LogP contribution in [-0.4, -0.2) is 40.7 Å². The van der Waals surface area contributed by atoms with E-state index in [9.17, 15) is 14.7 Å². The fourth-order valence-corrected chi connectivity index (χ4v) is 3.77. The first-order valence-electron chi connectivity index (χ1n) is 7.36. The van der Waals surface area contributed by atoms with Crippen LogP contribution >= 0.6 is 23.4 Å². The number of thioether (sulfide) groups is 1. The Labute approximate surface area is 139 Å². The SMILES string of the molecule is CCSc1ccc(Cl)cc1C(=O)N1CC(C)CC(C(=O)O)C1. The van der Waals surface area contributed by atoms with Gasteiger partial charge < -0.3 is 10.0 Å². The summed E-state index contributed by atoms with van der Waals surface area (Å²) in [6, 6.07) is 5.30. The molecule has 1 heterocycles. The third-order valence-corrected chi connectivity index (χ3v) is 4.96. The van der Waals surface area contributed by atoms with E-state index >= 15 is 0 Å². The highest BCUT2D eigenvalue weighted by Crippen LogP contribution is 2.29. The molecule has 1 aromatic carbocycles. The lowest BCUT2D eigenvalue weighted by atomic mass is 9.90. The van der Waals surface area contributed by atoms with E-state index in [0.29, 0.717) is 23.6 Å². The fraction of sp³-hybridized carbons (Fsp3) is 0.500. The molecule has 1 fully saturated rings. The first-order valence-corrected chi connectivity index (χ1v) is 8.73. The van der Waals surface area contributed by atoms with Gasteiger partial charge in [-0.25, -0.2) is 0 Å². The molecule has 0 aromatic heterocycles. The monoisotopic (exact) mass is 341 g/mol. The van der Waals surface area contributed by atoms with Gasteiger partial charge in [-0.05, 0) is 36.3 Å². The van der Waals surface area contributed by atoms with Crippen LogP contribution in [0.5, 0.6) is 0 Å². The van der Waals surface area contributed by atoms with E-state index in [1.807, 2.05) is 19.9 Å². The molecule has 2 rings (SSSR count). The molecule has 1 aromatic rings. The topological polar surface area (TPSA) is 57.6 Å². The zero-order valence-corrected chi connectivity index (χ0v) is 14.3. The van der Waals surface area contributed by atoms with Crippen molar-refractivity contribution < 1.29 is 14.7 Å². The van der Waals surface area contributed by atoms with E-state index in [1.54, 1.807) is 28.8 Å². The maximum absolute atomic E-state index is 12.8. The lowest BCUT2D eigenvalue weighted by Gasteiger charge is -2.35. The Bertz CT molecular complexity index is 579. The number of nitrogens with zero attached hydrogens (tertiary/aromatic N) is 1. The molecule has 1 N–H and O–H groups in total. The summed E-state index contributed by atoms with van der Waals surface area (Å²) < 4.78 is 0. The van der Waals surface area contributed by atoms with Gasteiger partial charge in [-0.3, -0.25) is 9.59 Å². The van der Waals surface area contributed by atoms with Crippen molar-refractivity contribution in [3.8, 4) is 0 Å². The number of carbonyl (C=O) groups is 2. The highest BCUT2D eigenvalue weighted by molar-refractivity contribution is 7.99. The Morgan fingerprint density at radius 3 is 2.77 bits per heavy atom. The number of carboxylic acids is 1. The smallest absolute Gasteiger partial charge is 0.308 e. The van der Waals surface area contributed by atoms with E-state index < -0.39 is 11.9 Å². The molecule has 1 saturated heterocycles. The van der Waals surface area contributed by atoms with Crippen molar-refractivity contribution in [1.29, 1.82) is 0 Å². The molecule has 2 atom stereocenters. The predicted octanol–water partition coefficient (Wildman–Crippen LogP) is 3.63. The van der Waals surface area contributed by atoms with Gasteiger partial charge in [-0.1, -0.05) is 25.4 Å². The predicted molar refractivity (Wildman–Crippen MR) is 88.7 cm³/mol. The second kappa shape index (κ2) is 7.38. The minimum absolute atomic E-state index is 0.128. The number of rotatable bonds is 4. The number of likely N-dealkylation sites (tertiary alicyclic amines) is 1. The maximum Gasteiger partial charge on any atom is 0.308 e. The van der Waals surface area contributed by atoms with Gasteiger partial charge in [0.2, 0.25) is 0 Å². The van der Waals surface area contributed by atoms with Crippen LogP contribution in [0.15, 0.2) is 23.1 Å². The number of benzene rings is 1. The minimum Gasteiger partial charge on any atom is -0.481 e.